The first-order valence-electron chi connectivity index (χ1n) is 10.8. The minimum atomic E-state index is 0.0827. The first-order valence-corrected chi connectivity index (χ1v) is 10.8. The summed E-state index contributed by atoms with van der Waals surface area (Å²) < 4.78 is 7.79. The predicted octanol–water partition coefficient (Wildman–Crippen LogP) is 3.63. The van der Waals surface area contributed by atoms with Gasteiger partial charge in [-0.2, -0.15) is 0 Å². The van der Waals surface area contributed by atoms with Crippen molar-refractivity contribution >= 4 is 0 Å². The summed E-state index contributed by atoms with van der Waals surface area (Å²) in [6.07, 6.45) is 3.54. The Kier molecular flexibility index (Phi) is 5.42. The van der Waals surface area contributed by atoms with Crippen molar-refractivity contribution in [3.63, 3.8) is 0 Å². The van der Waals surface area contributed by atoms with Gasteiger partial charge < -0.3 is 14.2 Å². The van der Waals surface area contributed by atoms with Gasteiger partial charge in [0, 0.05) is 25.2 Å². The summed E-state index contributed by atoms with van der Waals surface area (Å²) >= 11 is 0. The van der Waals surface area contributed by atoms with Crippen LogP contribution in [0, 0.1) is 5.41 Å². The van der Waals surface area contributed by atoms with Crippen molar-refractivity contribution < 1.29 is 4.74 Å². The SMILES string of the molecule is COc1ccc(-c2nnc3n2C2(CCN(CCC(C)(C)C)CC2)CN(C)C3)cc1. The molecule has 6 nitrogen and oxygen atoms in total. The molecule has 0 atom stereocenters. The molecule has 2 aliphatic heterocycles. The first kappa shape index (κ1) is 20.4. The van der Waals surface area contributed by atoms with Crippen molar-refractivity contribution in [2.75, 3.05) is 40.3 Å². The van der Waals surface area contributed by atoms with Gasteiger partial charge in [0.25, 0.3) is 0 Å². The van der Waals surface area contributed by atoms with Crippen molar-refractivity contribution in [3.05, 3.63) is 30.1 Å². The van der Waals surface area contributed by atoms with Gasteiger partial charge in [0.05, 0.1) is 19.2 Å². The number of rotatable bonds is 4. The molecule has 1 spiro atoms. The average Bonchev–Trinajstić information content (AvgIpc) is 3.11. The number of aromatic nitrogens is 3. The number of fused-ring (bicyclic) bond motifs is 2. The topological polar surface area (TPSA) is 46.4 Å². The fourth-order valence-electron chi connectivity index (χ4n) is 4.78. The van der Waals surface area contributed by atoms with Gasteiger partial charge in [-0.1, -0.05) is 20.8 Å². The standard InChI is InChI=1S/C23H35N5O/c1-22(2,3)10-13-27-14-11-23(12-15-27)17-26(4)16-20-24-25-21(28(20)23)18-6-8-19(29-5)9-7-18/h6-9H,10-17H2,1-5H3. The maximum Gasteiger partial charge on any atom is 0.164 e. The van der Waals surface area contributed by atoms with Crippen LogP contribution in [0.1, 0.15) is 45.9 Å². The zero-order chi connectivity index (χ0) is 20.6. The van der Waals surface area contributed by atoms with Crippen molar-refractivity contribution in [2.24, 2.45) is 5.41 Å². The average molecular weight is 398 g/mol. The summed E-state index contributed by atoms with van der Waals surface area (Å²) in [6, 6.07) is 8.21. The van der Waals surface area contributed by atoms with E-state index in [1.54, 1.807) is 7.11 Å². The number of likely N-dealkylation sites (tertiary alicyclic amines) is 1. The normalized spacial score (nSPS) is 20.0. The smallest absolute Gasteiger partial charge is 0.164 e. The Morgan fingerprint density at radius 2 is 1.76 bits per heavy atom. The summed E-state index contributed by atoms with van der Waals surface area (Å²) in [7, 11) is 3.91. The predicted molar refractivity (Wildman–Crippen MR) is 116 cm³/mol. The zero-order valence-corrected chi connectivity index (χ0v) is 18.6. The van der Waals surface area contributed by atoms with Crippen LogP contribution in [0.25, 0.3) is 11.4 Å². The molecular formula is C23H35N5O. The van der Waals surface area contributed by atoms with Crippen LogP contribution < -0.4 is 4.74 Å². The summed E-state index contributed by atoms with van der Waals surface area (Å²) in [5.74, 6) is 2.96. The molecule has 4 rings (SSSR count). The minimum absolute atomic E-state index is 0.0827. The molecule has 2 aliphatic rings. The van der Waals surface area contributed by atoms with E-state index in [0.29, 0.717) is 5.41 Å². The molecule has 1 aromatic heterocycles. The maximum atomic E-state index is 5.33. The fraction of sp³-hybridized carbons (Fsp3) is 0.652. The molecule has 2 aromatic rings. The Morgan fingerprint density at radius 3 is 2.38 bits per heavy atom. The molecule has 0 saturated carbocycles. The van der Waals surface area contributed by atoms with E-state index in [1.807, 2.05) is 12.1 Å². The van der Waals surface area contributed by atoms with Crippen LogP contribution in [0.4, 0.5) is 0 Å². The number of likely N-dealkylation sites (N-methyl/N-ethyl adjacent to an activating group) is 1. The number of methoxy groups -OCH3 is 1. The second kappa shape index (κ2) is 7.73. The van der Waals surface area contributed by atoms with Gasteiger partial charge in [-0.3, -0.25) is 4.90 Å². The summed E-state index contributed by atoms with van der Waals surface area (Å²) in [5, 5.41) is 9.22. The Bertz CT molecular complexity index is 828. The highest BCUT2D eigenvalue weighted by Crippen LogP contribution is 2.39. The van der Waals surface area contributed by atoms with Gasteiger partial charge in [0.15, 0.2) is 5.82 Å². The Labute approximate surface area is 174 Å². The minimum Gasteiger partial charge on any atom is -0.497 e. The van der Waals surface area contributed by atoms with Crippen LogP contribution in [0.15, 0.2) is 24.3 Å². The van der Waals surface area contributed by atoms with Crippen molar-refractivity contribution in [1.82, 2.24) is 24.6 Å². The molecule has 0 amide bonds. The van der Waals surface area contributed by atoms with Gasteiger partial charge in [-0.25, -0.2) is 0 Å². The Hall–Kier alpha value is -1.92. The van der Waals surface area contributed by atoms with Crippen molar-refractivity contribution in [3.8, 4) is 17.1 Å². The van der Waals surface area contributed by atoms with E-state index in [2.05, 4.69) is 64.5 Å². The lowest BCUT2D eigenvalue weighted by Crippen LogP contribution is -2.55. The van der Waals surface area contributed by atoms with E-state index in [1.165, 1.54) is 13.0 Å². The molecule has 6 heteroatoms. The van der Waals surface area contributed by atoms with Gasteiger partial charge in [0.1, 0.15) is 11.6 Å². The van der Waals surface area contributed by atoms with Crippen LogP contribution >= 0.6 is 0 Å². The van der Waals surface area contributed by atoms with Crippen molar-refractivity contribution in [2.45, 2.75) is 52.1 Å². The van der Waals surface area contributed by atoms with E-state index < -0.39 is 0 Å². The molecule has 1 fully saturated rings. The lowest BCUT2D eigenvalue weighted by Gasteiger charge is -2.48. The number of nitrogens with zero attached hydrogens (tertiary/aromatic N) is 5. The molecule has 0 unspecified atom stereocenters. The van der Waals surface area contributed by atoms with Gasteiger partial charge in [-0.15, -0.1) is 10.2 Å². The lowest BCUT2D eigenvalue weighted by molar-refractivity contribution is 0.0482. The third kappa shape index (κ3) is 4.19. The molecular weight excluding hydrogens is 362 g/mol. The Morgan fingerprint density at radius 1 is 1.07 bits per heavy atom. The number of benzene rings is 1. The van der Waals surface area contributed by atoms with E-state index in [4.69, 9.17) is 4.74 Å². The summed E-state index contributed by atoms with van der Waals surface area (Å²) in [5.41, 5.74) is 1.59. The number of hydrogen-bond donors (Lipinski definition) is 0. The van der Waals surface area contributed by atoms with Gasteiger partial charge >= 0.3 is 0 Å². The first-order chi connectivity index (χ1) is 13.8. The van der Waals surface area contributed by atoms with E-state index in [-0.39, 0.29) is 5.54 Å². The molecule has 0 radical (unpaired) electrons. The zero-order valence-electron chi connectivity index (χ0n) is 18.6. The summed E-state index contributed by atoms with van der Waals surface area (Å²) in [6.45, 7) is 12.4. The highest BCUT2D eigenvalue weighted by molar-refractivity contribution is 5.57. The second-order valence-corrected chi connectivity index (χ2v) is 10.1. The third-order valence-electron chi connectivity index (χ3n) is 6.49. The highest BCUT2D eigenvalue weighted by Gasteiger charge is 2.43. The van der Waals surface area contributed by atoms with Crippen LogP contribution in [-0.4, -0.2) is 64.9 Å². The van der Waals surface area contributed by atoms with Crippen LogP contribution in [-0.2, 0) is 12.1 Å². The maximum absolute atomic E-state index is 5.33. The van der Waals surface area contributed by atoms with Crippen LogP contribution in [0.2, 0.25) is 0 Å². The Balaban J connectivity index is 1.60. The van der Waals surface area contributed by atoms with Crippen LogP contribution in [0.5, 0.6) is 5.75 Å². The monoisotopic (exact) mass is 397 g/mol. The molecule has 3 heterocycles. The number of hydrogen-bond acceptors (Lipinski definition) is 5. The molecule has 158 valence electrons. The largest absolute Gasteiger partial charge is 0.497 e. The summed E-state index contributed by atoms with van der Waals surface area (Å²) in [4.78, 5) is 5.05. The van der Waals surface area contributed by atoms with E-state index in [9.17, 15) is 0 Å². The van der Waals surface area contributed by atoms with Crippen LogP contribution in [0.3, 0.4) is 0 Å². The molecule has 1 aromatic carbocycles. The quantitative estimate of drug-likeness (QED) is 0.788. The lowest BCUT2D eigenvalue weighted by atomic mass is 9.84. The van der Waals surface area contributed by atoms with E-state index in [0.717, 1.165) is 62.0 Å². The molecule has 29 heavy (non-hydrogen) atoms. The second-order valence-electron chi connectivity index (χ2n) is 10.1. The van der Waals surface area contributed by atoms with Crippen molar-refractivity contribution in [1.29, 1.82) is 0 Å². The van der Waals surface area contributed by atoms with Gasteiger partial charge in [0.2, 0.25) is 0 Å². The molecule has 0 aliphatic carbocycles. The van der Waals surface area contributed by atoms with E-state index >= 15 is 0 Å². The number of piperidine rings is 1. The fourth-order valence-corrected chi connectivity index (χ4v) is 4.78. The number of ether oxygens (including phenoxy) is 1. The molecule has 0 N–H and O–H groups in total. The molecule has 1 saturated heterocycles. The molecule has 0 bridgehead atoms. The third-order valence-corrected chi connectivity index (χ3v) is 6.49. The highest BCUT2D eigenvalue weighted by atomic mass is 16.5. The van der Waals surface area contributed by atoms with Gasteiger partial charge in [-0.05, 0) is 62.5 Å².